The normalized spacial score (nSPS) is 14.2. The third-order valence-corrected chi connectivity index (χ3v) is 4.18. The van der Waals surface area contributed by atoms with E-state index in [1.54, 1.807) is 34.6 Å². The van der Waals surface area contributed by atoms with Crippen LogP contribution < -0.4 is 4.72 Å². The summed E-state index contributed by atoms with van der Waals surface area (Å²) in [5.41, 5.74) is -0.678. The standard InChI is InChI=1S/C13H23N3O4S/c1-9(2)11(12(17)20-13(3,4)5)15-21(18,19)10-7-8-14-16(10)6/h7-9,11,15H,1-6H3/t11-/m1/s1. The molecule has 1 heterocycles. The third kappa shape index (κ3) is 4.82. The molecule has 0 aliphatic carbocycles. The van der Waals surface area contributed by atoms with Gasteiger partial charge in [-0.3, -0.25) is 9.48 Å². The Balaban J connectivity index is 2.99. The van der Waals surface area contributed by atoms with Crippen LogP contribution in [0.15, 0.2) is 17.3 Å². The van der Waals surface area contributed by atoms with E-state index in [1.807, 2.05) is 0 Å². The fraction of sp³-hybridized carbons (Fsp3) is 0.692. The molecule has 1 aromatic heterocycles. The van der Waals surface area contributed by atoms with Crippen LogP contribution in [0.3, 0.4) is 0 Å². The molecule has 7 nitrogen and oxygen atoms in total. The van der Waals surface area contributed by atoms with Crippen LogP contribution in [0.4, 0.5) is 0 Å². The Labute approximate surface area is 125 Å². The van der Waals surface area contributed by atoms with E-state index in [9.17, 15) is 13.2 Å². The van der Waals surface area contributed by atoms with Crippen molar-refractivity contribution in [1.82, 2.24) is 14.5 Å². The van der Waals surface area contributed by atoms with E-state index in [1.165, 1.54) is 24.0 Å². The summed E-state index contributed by atoms with van der Waals surface area (Å²) in [6.45, 7) is 8.70. The Bertz CT molecular complexity index is 599. The lowest BCUT2D eigenvalue weighted by Crippen LogP contribution is -2.47. The van der Waals surface area contributed by atoms with Gasteiger partial charge in [0.2, 0.25) is 0 Å². The highest BCUT2D eigenvalue weighted by Gasteiger charge is 2.32. The van der Waals surface area contributed by atoms with Crippen molar-refractivity contribution < 1.29 is 17.9 Å². The quantitative estimate of drug-likeness (QED) is 0.820. The van der Waals surface area contributed by atoms with Crippen molar-refractivity contribution in [2.75, 3.05) is 0 Å². The number of hydrogen-bond donors (Lipinski definition) is 1. The fourth-order valence-corrected chi connectivity index (χ4v) is 3.13. The van der Waals surface area contributed by atoms with Crippen LogP contribution in [-0.4, -0.2) is 35.8 Å². The molecule has 0 spiro atoms. The lowest BCUT2D eigenvalue weighted by molar-refractivity contribution is -0.158. The van der Waals surface area contributed by atoms with Gasteiger partial charge in [0.1, 0.15) is 11.6 Å². The number of sulfonamides is 1. The lowest BCUT2D eigenvalue weighted by atomic mass is 10.1. The minimum absolute atomic E-state index is 0.00305. The molecular weight excluding hydrogens is 294 g/mol. The second kappa shape index (κ2) is 6.15. The first-order valence-electron chi connectivity index (χ1n) is 6.67. The zero-order chi connectivity index (χ0) is 16.4. The SMILES string of the molecule is CC(C)[C@@H](NS(=O)(=O)c1ccnn1C)C(=O)OC(C)(C)C. The Morgan fingerprint density at radius 3 is 2.33 bits per heavy atom. The summed E-state index contributed by atoms with van der Waals surface area (Å²) in [4.78, 5) is 12.2. The summed E-state index contributed by atoms with van der Waals surface area (Å²) >= 11 is 0. The van der Waals surface area contributed by atoms with Crippen molar-refractivity contribution in [3.8, 4) is 0 Å². The van der Waals surface area contributed by atoms with Crippen LogP contribution in [0.5, 0.6) is 0 Å². The van der Waals surface area contributed by atoms with Crippen molar-refractivity contribution in [3.63, 3.8) is 0 Å². The molecule has 0 aliphatic heterocycles. The Hall–Kier alpha value is -1.41. The molecule has 0 aliphatic rings. The van der Waals surface area contributed by atoms with E-state index in [4.69, 9.17) is 4.74 Å². The molecule has 1 rings (SSSR count). The number of carbonyl (C=O) groups excluding carboxylic acids is 1. The fourth-order valence-electron chi connectivity index (χ4n) is 1.67. The van der Waals surface area contributed by atoms with Crippen molar-refractivity contribution in [1.29, 1.82) is 0 Å². The number of esters is 1. The second-order valence-corrected chi connectivity index (χ2v) is 7.83. The molecule has 0 fully saturated rings. The molecule has 0 aromatic carbocycles. The summed E-state index contributed by atoms with van der Waals surface area (Å²) in [6.07, 6.45) is 1.38. The molecule has 1 N–H and O–H groups in total. The van der Waals surface area contributed by atoms with Gasteiger partial charge in [-0.2, -0.15) is 9.82 Å². The highest BCUT2D eigenvalue weighted by Crippen LogP contribution is 2.15. The molecule has 8 heteroatoms. The maximum Gasteiger partial charge on any atom is 0.324 e. The van der Waals surface area contributed by atoms with E-state index in [2.05, 4.69) is 9.82 Å². The predicted molar refractivity (Wildman–Crippen MR) is 78.0 cm³/mol. The number of ether oxygens (including phenoxy) is 1. The molecule has 0 bridgehead atoms. The Morgan fingerprint density at radius 1 is 1.38 bits per heavy atom. The van der Waals surface area contributed by atoms with Crippen molar-refractivity contribution >= 4 is 16.0 Å². The number of nitrogens with one attached hydrogen (secondary N) is 1. The number of rotatable bonds is 5. The van der Waals surface area contributed by atoms with Gasteiger partial charge >= 0.3 is 5.97 Å². The first kappa shape index (κ1) is 17.6. The van der Waals surface area contributed by atoms with E-state index in [0.717, 1.165) is 0 Å². The monoisotopic (exact) mass is 317 g/mol. The molecule has 1 aromatic rings. The smallest absolute Gasteiger partial charge is 0.324 e. The number of hydrogen-bond acceptors (Lipinski definition) is 5. The Kier molecular flexibility index (Phi) is 5.16. The average molecular weight is 317 g/mol. The van der Waals surface area contributed by atoms with Crippen LogP contribution in [0.1, 0.15) is 34.6 Å². The van der Waals surface area contributed by atoms with Gasteiger partial charge < -0.3 is 4.74 Å². The van der Waals surface area contributed by atoms with Crippen LogP contribution >= 0.6 is 0 Å². The molecule has 1 atom stereocenters. The molecule has 0 saturated heterocycles. The first-order valence-corrected chi connectivity index (χ1v) is 8.15. The maximum atomic E-state index is 12.3. The zero-order valence-electron chi connectivity index (χ0n) is 13.2. The van der Waals surface area contributed by atoms with Crippen LogP contribution in [0.2, 0.25) is 0 Å². The number of carbonyl (C=O) groups is 1. The molecule has 0 saturated carbocycles. The van der Waals surface area contributed by atoms with Crippen LogP contribution in [0.25, 0.3) is 0 Å². The van der Waals surface area contributed by atoms with Crippen molar-refractivity contribution in [2.24, 2.45) is 13.0 Å². The topological polar surface area (TPSA) is 90.3 Å². The van der Waals surface area contributed by atoms with Crippen molar-refractivity contribution in [2.45, 2.75) is 51.3 Å². The molecule has 0 radical (unpaired) electrons. The van der Waals surface area contributed by atoms with Gasteiger partial charge in [0.15, 0.2) is 5.03 Å². The average Bonchev–Trinajstić information content (AvgIpc) is 2.70. The highest BCUT2D eigenvalue weighted by atomic mass is 32.2. The summed E-state index contributed by atoms with van der Waals surface area (Å²) < 4.78 is 33.5. The maximum absolute atomic E-state index is 12.3. The highest BCUT2D eigenvalue weighted by molar-refractivity contribution is 7.89. The van der Waals surface area contributed by atoms with Gasteiger partial charge in [-0.1, -0.05) is 13.8 Å². The zero-order valence-corrected chi connectivity index (χ0v) is 14.1. The minimum atomic E-state index is -3.84. The van der Waals surface area contributed by atoms with Crippen LogP contribution in [-0.2, 0) is 26.6 Å². The van der Waals surface area contributed by atoms with E-state index < -0.39 is 27.6 Å². The van der Waals surface area contributed by atoms with Gasteiger partial charge in [0.05, 0.1) is 6.20 Å². The lowest BCUT2D eigenvalue weighted by Gasteiger charge is -2.26. The molecule has 0 amide bonds. The molecule has 0 unspecified atom stereocenters. The van der Waals surface area contributed by atoms with Crippen LogP contribution in [0, 0.1) is 5.92 Å². The van der Waals surface area contributed by atoms with Gasteiger partial charge in [-0.15, -0.1) is 0 Å². The summed E-state index contributed by atoms with van der Waals surface area (Å²) in [7, 11) is -2.32. The Morgan fingerprint density at radius 2 is 1.95 bits per heavy atom. The van der Waals surface area contributed by atoms with Gasteiger partial charge in [-0.25, -0.2) is 8.42 Å². The second-order valence-electron chi connectivity index (χ2n) is 6.17. The third-order valence-electron chi connectivity index (χ3n) is 2.66. The van der Waals surface area contributed by atoms with Crippen molar-refractivity contribution in [3.05, 3.63) is 12.3 Å². The van der Waals surface area contributed by atoms with E-state index in [-0.39, 0.29) is 10.9 Å². The summed E-state index contributed by atoms with van der Waals surface area (Å²) in [6, 6.07) is 0.415. The van der Waals surface area contributed by atoms with E-state index >= 15 is 0 Å². The predicted octanol–water partition coefficient (Wildman–Crippen LogP) is 1.06. The molecular formula is C13H23N3O4S. The first-order chi connectivity index (χ1) is 9.44. The largest absolute Gasteiger partial charge is 0.459 e. The molecule has 120 valence electrons. The van der Waals surface area contributed by atoms with Gasteiger partial charge in [0.25, 0.3) is 10.0 Å². The summed E-state index contributed by atoms with van der Waals surface area (Å²) in [5.74, 6) is -0.842. The number of nitrogens with zero attached hydrogens (tertiary/aromatic N) is 2. The number of aromatic nitrogens is 2. The summed E-state index contributed by atoms with van der Waals surface area (Å²) in [5, 5.41) is 3.82. The molecule has 21 heavy (non-hydrogen) atoms. The minimum Gasteiger partial charge on any atom is -0.459 e. The number of aryl methyl sites for hydroxylation is 1. The van der Waals surface area contributed by atoms with Gasteiger partial charge in [0, 0.05) is 7.05 Å². The van der Waals surface area contributed by atoms with Gasteiger partial charge in [-0.05, 0) is 32.8 Å². The van der Waals surface area contributed by atoms with E-state index in [0.29, 0.717) is 0 Å².